The fourth-order valence-corrected chi connectivity index (χ4v) is 5.11. The lowest BCUT2D eigenvalue weighted by Crippen LogP contribution is -2.44. The molecule has 2 atom stereocenters. The van der Waals surface area contributed by atoms with Crippen LogP contribution >= 0.6 is 22.9 Å². The standard InChI is InChI=1S/C23H26ClN3O5S/c1-3-31-23(30)32-18-13-27(12-17(18)25-21(28)19-6-7-20(24)33-19)22(29)15-4-5-16-11-26(2)9-8-14(16)10-15/h4-7,10,17-18H,3,8-9,11-13H2,1-2H3,(H,25,28). The van der Waals surface area contributed by atoms with Gasteiger partial charge in [-0.05, 0) is 55.8 Å². The van der Waals surface area contributed by atoms with Crippen LogP contribution in [-0.4, -0.2) is 73.2 Å². The predicted octanol–water partition coefficient (Wildman–Crippen LogP) is 3.19. The maximum Gasteiger partial charge on any atom is 0.508 e. The van der Waals surface area contributed by atoms with Crippen LogP contribution < -0.4 is 5.32 Å². The lowest BCUT2D eigenvalue weighted by Gasteiger charge is -2.25. The van der Waals surface area contributed by atoms with Gasteiger partial charge in [0.2, 0.25) is 0 Å². The number of benzene rings is 1. The predicted molar refractivity (Wildman–Crippen MR) is 125 cm³/mol. The number of hydrogen-bond donors (Lipinski definition) is 1. The molecule has 176 valence electrons. The molecule has 1 aromatic carbocycles. The molecule has 0 radical (unpaired) electrons. The van der Waals surface area contributed by atoms with E-state index >= 15 is 0 Å². The number of carbonyl (C=O) groups is 3. The number of amides is 2. The van der Waals surface area contributed by atoms with Gasteiger partial charge in [-0.25, -0.2) is 4.79 Å². The van der Waals surface area contributed by atoms with Gasteiger partial charge in [0, 0.05) is 25.2 Å². The molecule has 3 heterocycles. The average Bonchev–Trinajstić information content (AvgIpc) is 3.39. The van der Waals surface area contributed by atoms with Gasteiger partial charge in [0.1, 0.15) is 6.10 Å². The van der Waals surface area contributed by atoms with Crippen molar-refractivity contribution in [2.45, 2.75) is 32.0 Å². The summed E-state index contributed by atoms with van der Waals surface area (Å²) >= 11 is 7.10. The molecule has 0 spiro atoms. The molecule has 8 nitrogen and oxygen atoms in total. The molecule has 1 N–H and O–H groups in total. The molecule has 1 saturated heterocycles. The van der Waals surface area contributed by atoms with E-state index in [4.69, 9.17) is 21.1 Å². The number of halogens is 1. The van der Waals surface area contributed by atoms with Crippen LogP contribution in [0.2, 0.25) is 4.34 Å². The molecule has 0 aliphatic carbocycles. The minimum Gasteiger partial charge on any atom is -0.435 e. The lowest BCUT2D eigenvalue weighted by atomic mass is 9.97. The second-order valence-electron chi connectivity index (χ2n) is 8.20. The van der Waals surface area contributed by atoms with Gasteiger partial charge in [0.25, 0.3) is 11.8 Å². The monoisotopic (exact) mass is 491 g/mol. The molecule has 0 saturated carbocycles. The second-order valence-corrected chi connectivity index (χ2v) is 9.92. The first-order valence-corrected chi connectivity index (χ1v) is 12.0. The first-order chi connectivity index (χ1) is 15.8. The van der Waals surface area contributed by atoms with Crippen LogP contribution in [0.4, 0.5) is 4.79 Å². The van der Waals surface area contributed by atoms with E-state index in [0.717, 1.165) is 30.8 Å². The summed E-state index contributed by atoms with van der Waals surface area (Å²) in [6.07, 6.45) is -0.657. The normalized spacial score (nSPS) is 20.3. The molecule has 2 aliphatic heterocycles. The van der Waals surface area contributed by atoms with Crippen molar-refractivity contribution in [1.82, 2.24) is 15.1 Å². The van der Waals surface area contributed by atoms with Crippen molar-refractivity contribution in [1.29, 1.82) is 0 Å². The molecule has 2 aromatic rings. The number of carbonyl (C=O) groups excluding carboxylic acids is 3. The van der Waals surface area contributed by atoms with E-state index in [1.165, 1.54) is 11.1 Å². The van der Waals surface area contributed by atoms with E-state index < -0.39 is 18.3 Å². The molecule has 0 bridgehead atoms. The molecule has 4 rings (SSSR count). The Morgan fingerprint density at radius 2 is 2.00 bits per heavy atom. The van der Waals surface area contributed by atoms with E-state index in [1.807, 2.05) is 18.2 Å². The summed E-state index contributed by atoms with van der Waals surface area (Å²) in [7, 11) is 2.08. The zero-order chi connectivity index (χ0) is 23.5. The van der Waals surface area contributed by atoms with E-state index in [0.29, 0.717) is 14.8 Å². The van der Waals surface area contributed by atoms with Crippen molar-refractivity contribution < 1.29 is 23.9 Å². The van der Waals surface area contributed by atoms with E-state index in [2.05, 4.69) is 17.3 Å². The zero-order valence-corrected chi connectivity index (χ0v) is 20.1. The Labute approximate surface area is 201 Å². The third-order valence-corrected chi connectivity index (χ3v) is 7.06. The second kappa shape index (κ2) is 10.1. The largest absolute Gasteiger partial charge is 0.508 e. The van der Waals surface area contributed by atoms with Crippen molar-refractivity contribution in [3.05, 3.63) is 56.2 Å². The van der Waals surface area contributed by atoms with Gasteiger partial charge in [0.15, 0.2) is 0 Å². The Hall–Kier alpha value is -2.62. The van der Waals surface area contributed by atoms with Crippen LogP contribution in [0.5, 0.6) is 0 Å². The molecule has 2 aliphatic rings. The van der Waals surface area contributed by atoms with Crippen LogP contribution in [0.15, 0.2) is 30.3 Å². The Balaban J connectivity index is 1.49. The van der Waals surface area contributed by atoms with Gasteiger partial charge in [-0.3, -0.25) is 9.59 Å². The van der Waals surface area contributed by atoms with Crippen molar-refractivity contribution in [2.24, 2.45) is 0 Å². The number of nitrogens with one attached hydrogen (secondary N) is 1. The van der Waals surface area contributed by atoms with Crippen LogP contribution in [0.3, 0.4) is 0 Å². The van der Waals surface area contributed by atoms with Gasteiger partial charge in [-0.1, -0.05) is 17.7 Å². The maximum absolute atomic E-state index is 13.3. The Kier molecular flexibility index (Phi) is 7.21. The van der Waals surface area contributed by atoms with Crippen molar-refractivity contribution >= 4 is 40.9 Å². The summed E-state index contributed by atoms with van der Waals surface area (Å²) < 4.78 is 10.8. The van der Waals surface area contributed by atoms with Crippen LogP contribution in [0.1, 0.15) is 38.1 Å². The molecular weight excluding hydrogens is 466 g/mol. The highest BCUT2D eigenvalue weighted by atomic mass is 35.5. The minimum atomic E-state index is -0.826. The Morgan fingerprint density at radius 3 is 2.73 bits per heavy atom. The topological polar surface area (TPSA) is 88.2 Å². The SMILES string of the molecule is CCOC(=O)OC1CN(C(=O)c2ccc3c(c2)CCN(C)C3)CC1NC(=O)c1ccc(Cl)s1. The highest BCUT2D eigenvalue weighted by Gasteiger charge is 2.40. The molecule has 33 heavy (non-hydrogen) atoms. The molecular formula is C23H26ClN3O5S. The highest BCUT2D eigenvalue weighted by Crippen LogP contribution is 2.24. The molecule has 1 aromatic heterocycles. The molecule has 2 amide bonds. The molecule has 1 fully saturated rings. The van der Waals surface area contributed by atoms with Gasteiger partial charge in [-0.15, -0.1) is 11.3 Å². The summed E-state index contributed by atoms with van der Waals surface area (Å²) in [5.74, 6) is -0.494. The fraction of sp³-hybridized carbons (Fsp3) is 0.435. The van der Waals surface area contributed by atoms with Gasteiger partial charge < -0.3 is 24.6 Å². The van der Waals surface area contributed by atoms with Gasteiger partial charge >= 0.3 is 6.16 Å². The number of nitrogens with zero attached hydrogens (tertiary/aromatic N) is 2. The Morgan fingerprint density at radius 1 is 1.18 bits per heavy atom. The molecule has 10 heteroatoms. The van der Waals surface area contributed by atoms with E-state index in [-0.39, 0.29) is 31.5 Å². The quantitative estimate of drug-likeness (QED) is 0.646. The van der Waals surface area contributed by atoms with Gasteiger partial charge in [-0.2, -0.15) is 0 Å². The minimum absolute atomic E-state index is 0.160. The van der Waals surface area contributed by atoms with Crippen molar-refractivity contribution in [2.75, 3.05) is 33.3 Å². The van der Waals surface area contributed by atoms with Crippen molar-refractivity contribution in [3.63, 3.8) is 0 Å². The number of likely N-dealkylation sites (tertiary alicyclic amines) is 1. The summed E-state index contributed by atoms with van der Waals surface area (Å²) in [4.78, 5) is 42.2. The third-order valence-electron chi connectivity index (χ3n) is 5.83. The highest BCUT2D eigenvalue weighted by molar-refractivity contribution is 7.18. The summed E-state index contributed by atoms with van der Waals surface area (Å²) in [6, 6.07) is 8.49. The van der Waals surface area contributed by atoms with Crippen LogP contribution in [0, 0.1) is 0 Å². The number of thiophene rings is 1. The smallest absolute Gasteiger partial charge is 0.435 e. The van der Waals surface area contributed by atoms with Crippen LogP contribution in [0.25, 0.3) is 0 Å². The number of hydrogen-bond acceptors (Lipinski definition) is 7. The third kappa shape index (κ3) is 5.48. The number of ether oxygens (including phenoxy) is 2. The first kappa shape index (κ1) is 23.5. The van der Waals surface area contributed by atoms with E-state index in [1.54, 1.807) is 24.0 Å². The average molecular weight is 492 g/mol. The summed E-state index contributed by atoms with van der Waals surface area (Å²) in [5.41, 5.74) is 2.99. The summed E-state index contributed by atoms with van der Waals surface area (Å²) in [6.45, 7) is 4.04. The Bertz CT molecular complexity index is 1060. The number of fused-ring (bicyclic) bond motifs is 1. The number of likely N-dealkylation sites (N-methyl/N-ethyl adjacent to an activating group) is 1. The first-order valence-electron chi connectivity index (χ1n) is 10.8. The maximum atomic E-state index is 13.3. The van der Waals surface area contributed by atoms with Gasteiger partial charge in [0.05, 0.1) is 28.4 Å². The summed E-state index contributed by atoms with van der Waals surface area (Å²) in [5, 5.41) is 2.88. The van der Waals surface area contributed by atoms with Crippen LogP contribution in [-0.2, 0) is 22.4 Å². The zero-order valence-electron chi connectivity index (χ0n) is 18.5. The van der Waals surface area contributed by atoms with Crippen molar-refractivity contribution in [3.8, 4) is 0 Å². The number of rotatable bonds is 5. The lowest BCUT2D eigenvalue weighted by molar-refractivity contribution is 0.0213. The molecule has 2 unspecified atom stereocenters. The fourth-order valence-electron chi connectivity index (χ4n) is 4.16. The van der Waals surface area contributed by atoms with E-state index in [9.17, 15) is 14.4 Å².